The van der Waals surface area contributed by atoms with E-state index in [1.807, 2.05) is 6.07 Å². The van der Waals surface area contributed by atoms with Crippen LogP contribution in [0, 0.1) is 17.1 Å². The molecule has 0 saturated carbocycles. The predicted octanol–water partition coefficient (Wildman–Crippen LogP) is 3.32. The molecule has 0 radical (unpaired) electrons. The molecular formula is C14H19FN2. The topological polar surface area (TPSA) is 27.0 Å². The normalized spacial score (nSPS) is 10.9. The monoisotopic (exact) mass is 234 g/mol. The number of nitriles is 1. The van der Waals surface area contributed by atoms with Crippen molar-refractivity contribution < 1.29 is 4.39 Å². The fourth-order valence-electron chi connectivity index (χ4n) is 1.77. The van der Waals surface area contributed by atoms with Crippen LogP contribution >= 0.6 is 0 Å². The average Bonchev–Trinajstić information content (AvgIpc) is 2.30. The number of nitrogens with zero attached hydrogens (tertiary/aromatic N) is 2. The smallest absolute Gasteiger partial charge is 0.129 e. The van der Waals surface area contributed by atoms with E-state index in [2.05, 4.69) is 25.7 Å². The molecule has 0 unspecified atom stereocenters. The third-order valence-corrected chi connectivity index (χ3v) is 2.80. The Hall–Kier alpha value is -1.40. The van der Waals surface area contributed by atoms with E-state index in [0.29, 0.717) is 23.7 Å². The zero-order valence-corrected chi connectivity index (χ0v) is 10.7. The Labute approximate surface area is 103 Å². The lowest BCUT2D eigenvalue weighted by Crippen LogP contribution is -2.31. The lowest BCUT2D eigenvalue weighted by Gasteiger charge is -2.26. The molecule has 0 N–H and O–H groups in total. The first-order valence-electron chi connectivity index (χ1n) is 6.01. The molecule has 0 aromatic heterocycles. The van der Waals surface area contributed by atoms with Crippen LogP contribution in [0.15, 0.2) is 18.2 Å². The predicted molar refractivity (Wildman–Crippen MR) is 67.0 cm³/mol. The molecule has 1 aromatic rings. The second-order valence-corrected chi connectivity index (χ2v) is 4.48. The van der Waals surface area contributed by atoms with E-state index in [9.17, 15) is 4.39 Å². The number of rotatable bonds is 5. The third-order valence-electron chi connectivity index (χ3n) is 2.80. The fourth-order valence-corrected chi connectivity index (χ4v) is 1.77. The Kier molecular flexibility index (Phi) is 5.11. The quantitative estimate of drug-likeness (QED) is 0.781. The summed E-state index contributed by atoms with van der Waals surface area (Å²) >= 11 is 0. The van der Waals surface area contributed by atoms with Gasteiger partial charge in [-0.2, -0.15) is 5.26 Å². The van der Waals surface area contributed by atoms with Gasteiger partial charge < -0.3 is 0 Å². The van der Waals surface area contributed by atoms with Gasteiger partial charge in [0.2, 0.25) is 0 Å². The summed E-state index contributed by atoms with van der Waals surface area (Å²) in [7, 11) is 0. The molecule has 1 aromatic carbocycles. The van der Waals surface area contributed by atoms with Gasteiger partial charge in [0, 0.05) is 18.2 Å². The van der Waals surface area contributed by atoms with Crippen LogP contribution in [0.25, 0.3) is 0 Å². The molecule has 2 nitrogen and oxygen atoms in total. The average molecular weight is 234 g/mol. The van der Waals surface area contributed by atoms with Crippen LogP contribution < -0.4 is 0 Å². The van der Waals surface area contributed by atoms with Crippen molar-refractivity contribution in [1.82, 2.24) is 4.90 Å². The van der Waals surface area contributed by atoms with Crippen molar-refractivity contribution in [2.45, 2.75) is 39.8 Å². The first kappa shape index (κ1) is 13.7. The Bertz CT molecular complexity index is 407. The van der Waals surface area contributed by atoms with Gasteiger partial charge in [-0.05, 0) is 38.9 Å². The third kappa shape index (κ3) is 3.83. The lowest BCUT2D eigenvalue weighted by molar-refractivity contribution is 0.210. The molecule has 17 heavy (non-hydrogen) atoms. The van der Waals surface area contributed by atoms with Gasteiger partial charge >= 0.3 is 0 Å². The van der Waals surface area contributed by atoms with Crippen LogP contribution in [-0.4, -0.2) is 17.5 Å². The minimum Gasteiger partial charge on any atom is -0.297 e. The summed E-state index contributed by atoms with van der Waals surface area (Å²) in [6, 6.07) is 7.02. The number of benzene rings is 1. The van der Waals surface area contributed by atoms with E-state index >= 15 is 0 Å². The molecule has 0 fully saturated rings. The zero-order chi connectivity index (χ0) is 12.8. The minimum atomic E-state index is -0.286. The Morgan fingerprint density at radius 2 is 2.12 bits per heavy atom. The number of hydrogen-bond donors (Lipinski definition) is 0. The molecule has 0 aliphatic carbocycles. The van der Waals surface area contributed by atoms with Crippen molar-refractivity contribution in [1.29, 1.82) is 5.26 Å². The molecule has 0 heterocycles. The van der Waals surface area contributed by atoms with E-state index in [1.54, 1.807) is 12.1 Å². The second-order valence-electron chi connectivity index (χ2n) is 4.48. The molecule has 0 atom stereocenters. The van der Waals surface area contributed by atoms with E-state index < -0.39 is 0 Å². The maximum Gasteiger partial charge on any atom is 0.129 e. The molecule has 0 saturated heterocycles. The van der Waals surface area contributed by atoms with Gasteiger partial charge in [0.05, 0.1) is 11.6 Å². The summed E-state index contributed by atoms with van der Waals surface area (Å²) in [5, 5.41) is 8.68. The van der Waals surface area contributed by atoms with Crippen molar-refractivity contribution in [2.24, 2.45) is 0 Å². The van der Waals surface area contributed by atoms with Gasteiger partial charge in [-0.25, -0.2) is 4.39 Å². The highest BCUT2D eigenvalue weighted by atomic mass is 19.1. The first-order chi connectivity index (χ1) is 8.08. The largest absolute Gasteiger partial charge is 0.297 e. The molecule has 0 amide bonds. The van der Waals surface area contributed by atoms with Crippen molar-refractivity contribution in [3.05, 3.63) is 35.1 Å². The SMILES string of the molecule is CCCN(Cc1ccc(C#N)cc1F)C(C)C. The maximum atomic E-state index is 13.7. The molecule has 3 heteroatoms. The summed E-state index contributed by atoms with van der Waals surface area (Å²) in [5.41, 5.74) is 1.03. The van der Waals surface area contributed by atoms with E-state index in [0.717, 1.165) is 13.0 Å². The van der Waals surface area contributed by atoms with E-state index in [4.69, 9.17) is 5.26 Å². The standard InChI is InChI=1S/C14H19FN2/c1-4-7-17(11(2)3)10-13-6-5-12(9-16)8-14(13)15/h5-6,8,11H,4,7,10H2,1-3H3. The van der Waals surface area contributed by atoms with Crippen molar-refractivity contribution in [2.75, 3.05) is 6.54 Å². The van der Waals surface area contributed by atoms with Crippen LogP contribution in [0.2, 0.25) is 0 Å². The van der Waals surface area contributed by atoms with Crippen LogP contribution in [0.3, 0.4) is 0 Å². The second kappa shape index (κ2) is 6.36. The number of halogens is 1. The summed E-state index contributed by atoms with van der Waals surface area (Å²) in [4.78, 5) is 2.23. The highest BCUT2D eigenvalue weighted by molar-refractivity contribution is 5.32. The Morgan fingerprint density at radius 3 is 2.59 bits per heavy atom. The van der Waals surface area contributed by atoms with Gasteiger partial charge in [-0.1, -0.05) is 13.0 Å². The Morgan fingerprint density at radius 1 is 1.41 bits per heavy atom. The zero-order valence-electron chi connectivity index (χ0n) is 10.7. The number of hydrogen-bond acceptors (Lipinski definition) is 2. The molecule has 0 bridgehead atoms. The van der Waals surface area contributed by atoms with Crippen molar-refractivity contribution >= 4 is 0 Å². The van der Waals surface area contributed by atoms with Crippen LogP contribution in [0.5, 0.6) is 0 Å². The highest BCUT2D eigenvalue weighted by Crippen LogP contribution is 2.14. The molecule has 92 valence electrons. The molecule has 0 aliphatic rings. The van der Waals surface area contributed by atoms with Crippen molar-refractivity contribution in [3.8, 4) is 6.07 Å². The van der Waals surface area contributed by atoms with Crippen molar-refractivity contribution in [3.63, 3.8) is 0 Å². The summed E-state index contributed by atoms with van der Waals surface area (Å²) in [6.45, 7) is 7.89. The maximum absolute atomic E-state index is 13.7. The summed E-state index contributed by atoms with van der Waals surface area (Å²) < 4.78 is 13.7. The van der Waals surface area contributed by atoms with Gasteiger partial charge in [0.15, 0.2) is 0 Å². The Balaban J connectivity index is 2.83. The van der Waals surface area contributed by atoms with Crippen LogP contribution in [-0.2, 0) is 6.54 Å². The minimum absolute atomic E-state index is 0.286. The van der Waals surface area contributed by atoms with E-state index in [-0.39, 0.29) is 5.82 Å². The fraction of sp³-hybridized carbons (Fsp3) is 0.500. The van der Waals surface area contributed by atoms with E-state index in [1.165, 1.54) is 6.07 Å². The summed E-state index contributed by atoms with van der Waals surface area (Å²) in [5.74, 6) is -0.286. The molecular weight excluding hydrogens is 215 g/mol. The molecule has 0 spiro atoms. The van der Waals surface area contributed by atoms with Crippen LogP contribution in [0.1, 0.15) is 38.3 Å². The lowest BCUT2D eigenvalue weighted by atomic mass is 10.1. The molecule has 1 rings (SSSR count). The highest BCUT2D eigenvalue weighted by Gasteiger charge is 2.12. The van der Waals surface area contributed by atoms with Crippen LogP contribution in [0.4, 0.5) is 4.39 Å². The summed E-state index contributed by atoms with van der Waals surface area (Å²) in [6.07, 6.45) is 1.05. The first-order valence-corrected chi connectivity index (χ1v) is 6.01. The van der Waals surface area contributed by atoms with Gasteiger partial charge in [-0.3, -0.25) is 4.90 Å². The van der Waals surface area contributed by atoms with Gasteiger partial charge in [0.25, 0.3) is 0 Å². The van der Waals surface area contributed by atoms with Gasteiger partial charge in [-0.15, -0.1) is 0 Å². The molecule has 0 aliphatic heterocycles. The van der Waals surface area contributed by atoms with Gasteiger partial charge in [0.1, 0.15) is 5.82 Å².